The molecule has 1 heterocycles. The van der Waals surface area contributed by atoms with Gasteiger partial charge in [0.25, 0.3) is 0 Å². The first-order valence-corrected chi connectivity index (χ1v) is 11.3. The zero-order valence-electron chi connectivity index (χ0n) is 15.9. The number of hydrogen-bond acceptors (Lipinski definition) is 5. The molecule has 0 bridgehead atoms. The van der Waals surface area contributed by atoms with E-state index in [9.17, 15) is 9.36 Å². The van der Waals surface area contributed by atoms with Crippen LogP contribution in [-0.2, 0) is 23.1 Å². The average Bonchev–Trinajstić information content (AvgIpc) is 2.96. The summed E-state index contributed by atoms with van der Waals surface area (Å²) in [5, 5.41) is 0. The van der Waals surface area contributed by atoms with Gasteiger partial charge in [-0.05, 0) is 19.3 Å². The van der Waals surface area contributed by atoms with E-state index >= 15 is 0 Å². The van der Waals surface area contributed by atoms with Crippen molar-refractivity contribution in [1.82, 2.24) is 0 Å². The van der Waals surface area contributed by atoms with Crippen LogP contribution in [0.15, 0.2) is 0 Å². The maximum Gasteiger partial charge on any atom is 0.472 e. The van der Waals surface area contributed by atoms with Crippen molar-refractivity contribution >= 4 is 13.8 Å². The minimum Gasteiger partial charge on any atom is -0.463 e. The smallest absolute Gasteiger partial charge is 0.463 e. The molecule has 2 unspecified atom stereocenters. The van der Waals surface area contributed by atoms with Crippen LogP contribution in [0.1, 0.15) is 84.0 Å². The highest BCUT2D eigenvalue weighted by Crippen LogP contribution is 2.49. The highest BCUT2D eigenvalue weighted by atomic mass is 31.2. The topological polar surface area (TPSA) is 82.1 Å². The summed E-state index contributed by atoms with van der Waals surface area (Å²) >= 11 is 0. The fourth-order valence-corrected chi connectivity index (χ4v) is 3.51. The number of phosphoric acid groups is 1. The van der Waals surface area contributed by atoms with Gasteiger partial charge in [-0.15, -0.1) is 11.8 Å². The van der Waals surface area contributed by atoms with Gasteiger partial charge in [0.1, 0.15) is 12.7 Å². The van der Waals surface area contributed by atoms with Gasteiger partial charge >= 0.3 is 13.8 Å². The molecular formula is C19H33O6P. The molecule has 0 aromatic rings. The van der Waals surface area contributed by atoms with Crippen molar-refractivity contribution in [2.24, 2.45) is 0 Å². The van der Waals surface area contributed by atoms with E-state index in [1.807, 2.05) is 0 Å². The number of hydrogen-bond donors (Lipinski definition) is 1. The standard InChI is InChI=1S/C19H33O6P/c1-2-3-4-5-6-7-8-9-10-11-12-13-14-15-19(20)23-16-18-17-24-26(21,22)25-18/h18H,2-6,9-17H2,1H3,(H,21,22). The zero-order valence-corrected chi connectivity index (χ0v) is 16.8. The van der Waals surface area contributed by atoms with Gasteiger partial charge in [-0.3, -0.25) is 13.8 Å². The molecule has 150 valence electrons. The zero-order chi connectivity index (χ0) is 19.1. The maximum atomic E-state index is 11.6. The van der Waals surface area contributed by atoms with Gasteiger partial charge in [0.15, 0.2) is 0 Å². The summed E-state index contributed by atoms with van der Waals surface area (Å²) in [6.45, 7) is 2.15. The molecule has 0 aromatic heterocycles. The van der Waals surface area contributed by atoms with E-state index in [1.165, 1.54) is 25.7 Å². The Morgan fingerprint density at radius 3 is 2.31 bits per heavy atom. The van der Waals surface area contributed by atoms with Crippen LogP contribution >= 0.6 is 7.82 Å². The highest BCUT2D eigenvalue weighted by molar-refractivity contribution is 7.47. The van der Waals surface area contributed by atoms with Crippen molar-refractivity contribution in [3.8, 4) is 11.8 Å². The third-order valence-electron chi connectivity index (χ3n) is 4.10. The second-order valence-electron chi connectivity index (χ2n) is 6.61. The number of carbonyl (C=O) groups is 1. The van der Waals surface area contributed by atoms with Crippen molar-refractivity contribution in [2.45, 2.75) is 90.1 Å². The molecule has 0 radical (unpaired) electrons. The molecule has 1 aliphatic heterocycles. The van der Waals surface area contributed by atoms with Gasteiger partial charge in [-0.25, -0.2) is 4.57 Å². The first kappa shape index (κ1) is 23.2. The van der Waals surface area contributed by atoms with E-state index < -0.39 is 13.9 Å². The largest absolute Gasteiger partial charge is 0.472 e. The van der Waals surface area contributed by atoms with E-state index in [0.717, 1.165) is 44.9 Å². The molecule has 1 saturated heterocycles. The lowest BCUT2D eigenvalue weighted by Crippen LogP contribution is -2.20. The van der Waals surface area contributed by atoms with Gasteiger partial charge in [0.2, 0.25) is 0 Å². The van der Waals surface area contributed by atoms with Crippen LogP contribution in [0, 0.1) is 11.8 Å². The number of esters is 1. The summed E-state index contributed by atoms with van der Waals surface area (Å²) in [5.41, 5.74) is 0. The Bertz CT molecular complexity index is 496. The first-order chi connectivity index (χ1) is 12.5. The van der Waals surface area contributed by atoms with E-state index in [4.69, 9.17) is 14.2 Å². The lowest BCUT2D eigenvalue weighted by atomic mass is 10.1. The second-order valence-corrected chi connectivity index (χ2v) is 8.01. The minimum absolute atomic E-state index is 0.0251. The van der Waals surface area contributed by atoms with E-state index in [2.05, 4.69) is 23.3 Å². The van der Waals surface area contributed by atoms with Crippen LogP contribution < -0.4 is 0 Å². The van der Waals surface area contributed by atoms with Gasteiger partial charge in [0.05, 0.1) is 6.61 Å². The molecule has 7 heteroatoms. The molecule has 6 nitrogen and oxygen atoms in total. The Morgan fingerprint density at radius 1 is 1.08 bits per heavy atom. The minimum atomic E-state index is -3.91. The maximum absolute atomic E-state index is 11.6. The molecule has 2 atom stereocenters. The fraction of sp³-hybridized carbons (Fsp3) is 0.842. The molecule has 0 spiro atoms. The first-order valence-electron chi connectivity index (χ1n) is 9.80. The predicted molar refractivity (Wildman–Crippen MR) is 100 cm³/mol. The van der Waals surface area contributed by atoms with Crippen LogP contribution in [0.4, 0.5) is 0 Å². The van der Waals surface area contributed by atoms with Gasteiger partial charge in [-0.1, -0.05) is 45.4 Å². The summed E-state index contributed by atoms with van der Waals surface area (Å²) in [7, 11) is -3.91. The molecule has 26 heavy (non-hydrogen) atoms. The molecular weight excluding hydrogens is 355 g/mol. The molecule has 0 aromatic carbocycles. The normalized spacial score (nSPS) is 22.0. The van der Waals surface area contributed by atoms with Crippen molar-refractivity contribution in [3.63, 3.8) is 0 Å². The van der Waals surface area contributed by atoms with Crippen molar-refractivity contribution in [1.29, 1.82) is 0 Å². The number of phosphoric ester groups is 1. The highest BCUT2D eigenvalue weighted by Gasteiger charge is 2.35. The fourth-order valence-electron chi connectivity index (χ4n) is 2.59. The SMILES string of the molecule is CCCCCCC#CCCCCCCCC(=O)OCC1COP(=O)(O)O1. The molecule has 0 saturated carbocycles. The van der Waals surface area contributed by atoms with Crippen LogP contribution in [0.2, 0.25) is 0 Å². The molecule has 1 rings (SSSR count). The second kappa shape index (κ2) is 14.2. The third-order valence-corrected chi connectivity index (χ3v) is 5.14. The van der Waals surface area contributed by atoms with Crippen LogP contribution in [-0.4, -0.2) is 30.2 Å². The summed E-state index contributed by atoms with van der Waals surface area (Å²) in [6, 6.07) is 0. The molecule has 0 aliphatic carbocycles. The number of unbranched alkanes of at least 4 members (excludes halogenated alkanes) is 9. The molecule has 1 N–H and O–H groups in total. The molecule has 1 fully saturated rings. The lowest BCUT2D eigenvalue weighted by molar-refractivity contribution is -0.146. The van der Waals surface area contributed by atoms with Crippen molar-refractivity contribution in [3.05, 3.63) is 0 Å². The van der Waals surface area contributed by atoms with Gasteiger partial charge in [-0.2, -0.15) is 0 Å². The Hall–Kier alpha value is -0.860. The quantitative estimate of drug-likeness (QED) is 0.212. The Balaban J connectivity index is 1.86. The predicted octanol–water partition coefficient (Wildman–Crippen LogP) is 4.75. The lowest BCUT2D eigenvalue weighted by Gasteiger charge is -2.08. The Morgan fingerprint density at radius 2 is 1.69 bits per heavy atom. The number of rotatable bonds is 13. The van der Waals surface area contributed by atoms with Crippen molar-refractivity contribution in [2.75, 3.05) is 13.2 Å². The summed E-state index contributed by atoms with van der Waals surface area (Å²) in [5.74, 6) is 6.17. The monoisotopic (exact) mass is 388 g/mol. The van der Waals surface area contributed by atoms with Gasteiger partial charge in [0, 0.05) is 19.3 Å². The van der Waals surface area contributed by atoms with Gasteiger partial charge < -0.3 is 9.63 Å². The Kier molecular flexibility index (Phi) is 12.7. The summed E-state index contributed by atoms with van der Waals surface area (Å²) in [4.78, 5) is 20.6. The van der Waals surface area contributed by atoms with Crippen LogP contribution in [0.5, 0.6) is 0 Å². The third kappa shape index (κ3) is 12.5. The van der Waals surface area contributed by atoms with E-state index in [-0.39, 0.29) is 19.2 Å². The number of ether oxygens (including phenoxy) is 1. The summed E-state index contributed by atoms with van der Waals surface area (Å²) < 4.78 is 25.3. The average molecular weight is 388 g/mol. The van der Waals surface area contributed by atoms with Crippen LogP contribution in [0.3, 0.4) is 0 Å². The van der Waals surface area contributed by atoms with E-state index in [1.54, 1.807) is 0 Å². The molecule has 1 aliphatic rings. The number of carbonyl (C=O) groups excluding carboxylic acids is 1. The Labute approximate surface area is 157 Å². The van der Waals surface area contributed by atoms with E-state index in [0.29, 0.717) is 6.42 Å². The van der Waals surface area contributed by atoms with Crippen molar-refractivity contribution < 1.29 is 28.0 Å². The summed E-state index contributed by atoms with van der Waals surface area (Å²) in [6.07, 6.45) is 11.9. The molecule has 0 amide bonds. The van der Waals surface area contributed by atoms with Crippen LogP contribution in [0.25, 0.3) is 0 Å².